The monoisotopic (exact) mass is 191 g/mol. The number of nitrogens with one attached hydrogen (secondary N) is 1. The highest BCUT2D eigenvalue weighted by Gasteiger charge is 1.98. The van der Waals surface area contributed by atoms with E-state index >= 15 is 0 Å². The van der Waals surface area contributed by atoms with Crippen LogP contribution in [0, 0.1) is 0 Å². The van der Waals surface area contributed by atoms with Gasteiger partial charge in [-0.1, -0.05) is 0 Å². The Morgan fingerprint density at radius 3 is 3.21 bits per heavy atom. The molecule has 0 aliphatic rings. The third kappa shape index (κ3) is 1.85. The van der Waals surface area contributed by atoms with Gasteiger partial charge in [0.2, 0.25) is 0 Å². The van der Waals surface area contributed by atoms with Crippen LogP contribution in [0.3, 0.4) is 0 Å². The van der Waals surface area contributed by atoms with E-state index in [1.165, 1.54) is 0 Å². The third-order valence-corrected chi connectivity index (χ3v) is 2.01. The molecule has 0 aliphatic carbocycles. The maximum atomic E-state index is 5.50. The van der Waals surface area contributed by atoms with Crippen molar-refractivity contribution < 1.29 is 4.74 Å². The number of fused-ring (bicyclic) bond motifs is 1. The van der Waals surface area contributed by atoms with Gasteiger partial charge in [0.15, 0.2) is 0 Å². The zero-order valence-corrected chi connectivity index (χ0v) is 7.86. The second-order valence-corrected chi connectivity index (χ2v) is 3.07. The fourth-order valence-corrected chi connectivity index (χ4v) is 1.28. The minimum absolute atomic E-state index is 0.659. The number of aromatic nitrogens is 2. The molecule has 74 valence electrons. The lowest BCUT2D eigenvalue weighted by Crippen LogP contribution is -2.05. The van der Waals surface area contributed by atoms with Crippen LogP contribution < -0.4 is 10.5 Å². The number of benzene rings is 1. The predicted octanol–water partition coefficient (Wildman–Crippen LogP) is 1.29. The van der Waals surface area contributed by atoms with Crippen LogP contribution in [0.2, 0.25) is 0 Å². The molecule has 2 rings (SSSR count). The maximum Gasteiger partial charge on any atom is 0.121 e. The number of imidazole rings is 1. The summed E-state index contributed by atoms with van der Waals surface area (Å²) in [5, 5.41) is 0. The van der Waals surface area contributed by atoms with Gasteiger partial charge in [-0.05, 0) is 25.1 Å². The number of hydrogen-bond acceptors (Lipinski definition) is 3. The van der Waals surface area contributed by atoms with Crippen molar-refractivity contribution in [3.8, 4) is 5.75 Å². The molecule has 0 amide bonds. The number of aromatic amines is 1. The Kier molecular flexibility index (Phi) is 2.65. The largest absolute Gasteiger partial charge is 0.493 e. The first-order chi connectivity index (χ1) is 6.90. The normalized spacial score (nSPS) is 10.6. The summed E-state index contributed by atoms with van der Waals surface area (Å²) in [4.78, 5) is 7.16. The second-order valence-electron chi connectivity index (χ2n) is 3.07. The van der Waals surface area contributed by atoms with Crippen LogP contribution in [0.4, 0.5) is 0 Å². The zero-order valence-electron chi connectivity index (χ0n) is 7.86. The van der Waals surface area contributed by atoms with Gasteiger partial charge in [0.25, 0.3) is 0 Å². The molecule has 3 N–H and O–H groups in total. The minimum atomic E-state index is 0.659. The molecule has 0 saturated carbocycles. The minimum Gasteiger partial charge on any atom is -0.493 e. The number of rotatable bonds is 4. The summed E-state index contributed by atoms with van der Waals surface area (Å²) in [7, 11) is 0. The van der Waals surface area contributed by atoms with Crippen molar-refractivity contribution in [3.63, 3.8) is 0 Å². The highest BCUT2D eigenvalue weighted by atomic mass is 16.5. The number of nitrogens with zero attached hydrogens (tertiary/aromatic N) is 1. The van der Waals surface area contributed by atoms with Crippen molar-refractivity contribution in [2.45, 2.75) is 6.42 Å². The number of hydrogen-bond donors (Lipinski definition) is 2. The molecule has 14 heavy (non-hydrogen) atoms. The molecule has 0 bridgehead atoms. The summed E-state index contributed by atoms with van der Waals surface area (Å²) in [5.74, 6) is 0.857. The van der Waals surface area contributed by atoms with E-state index in [9.17, 15) is 0 Å². The first kappa shape index (κ1) is 9.02. The van der Waals surface area contributed by atoms with Crippen LogP contribution >= 0.6 is 0 Å². The van der Waals surface area contributed by atoms with Crippen LogP contribution in [0.25, 0.3) is 11.0 Å². The summed E-state index contributed by atoms with van der Waals surface area (Å²) >= 11 is 0. The third-order valence-electron chi connectivity index (χ3n) is 2.01. The van der Waals surface area contributed by atoms with Gasteiger partial charge in [-0.3, -0.25) is 0 Å². The van der Waals surface area contributed by atoms with Gasteiger partial charge in [0, 0.05) is 6.07 Å². The van der Waals surface area contributed by atoms with Crippen LogP contribution in [0.5, 0.6) is 5.75 Å². The number of ether oxygens (including phenoxy) is 1. The van der Waals surface area contributed by atoms with E-state index in [1.807, 2.05) is 18.2 Å². The van der Waals surface area contributed by atoms with Gasteiger partial charge in [0.05, 0.1) is 24.0 Å². The van der Waals surface area contributed by atoms with Crippen LogP contribution in [0.1, 0.15) is 6.42 Å². The molecule has 1 heterocycles. The summed E-state index contributed by atoms with van der Waals surface area (Å²) in [6, 6.07) is 5.79. The topological polar surface area (TPSA) is 63.9 Å². The van der Waals surface area contributed by atoms with Crippen molar-refractivity contribution in [2.24, 2.45) is 5.73 Å². The van der Waals surface area contributed by atoms with Gasteiger partial charge in [0.1, 0.15) is 5.75 Å². The molecule has 2 aromatic rings. The predicted molar refractivity (Wildman–Crippen MR) is 55.3 cm³/mol. The van der Waals surface area contributed by atoms with Gasteiger partial charge in [-0.15, -0.1) is 0 Å². The summed E-state index contributed by atoms with van der Waals surface area (Å²) < 4.78 is 5.50. The van der Waals surface area contributed by atoms with Crippen molar-refractivity contribution in [2.75, 3.05) is 13.2 Å². The molecule has 4 heteroatoms. The summed E-state index contributed by atoms with van der Waals surface area (Å²) in [6.45, 7) is 1.32. The fraction of sp³-hybridized carbons (Fsp3) is 0.300. The molecule has 0 aliphatic heterocycles. The van der Waals surface area contributed by atoms with E-state index in [-0.39, 0.29) is 0 Å². The molecule has 4 nitrogen and oxygen atoms in total. The van der Waals surface area contributed by atoms with Gasteiger partial charge in [-0.2, -0.15) is 0 Å². The van der Waals surface area contributed by atoms with Crippen LogP contribution in [-0.2, 0) is 0 Å². The van der Waals surface area contributed by atoms with E-state index in [0.717, 1.165) is 23.2 Å². The molecular formula is C10H13N3O. The highest BCUT2D eigenvalue weighted by molar-refractivity contribution is 5.75. The Balaban J connectivity index is 2.10. The summed E-state index contributed by atoms with van der Waals surface area (Å²) in [6.07, 6.45) is 2.55. The highest BCUT2D eigenvalue weighted by Crippen LogP contribution is 2.17. The molecule has 0 atom stereocenters. The number of H-pyrrole nitrogens is 1. The smallest absolute Gasteiger partial charge is 0.121 e. The molecule has 0 saturated heterocycles. The standard InChI is InChI=1S/C10H13N3O/c11-4-1-5-14-8-2-3-9-10(6-8)13-7-12-9/h2-3,6-7H,1,4-5,11H2,(H,12,13). The van der Waals surface area contributed by atoms with E-state index in [1.54, 1.807) is 6.33 Å². The van der Waals surface area contributed by atoms with Crippen LogP contribution in [0.15, 0.2) is 24.5 Å². The van der Waals surface area contributed by atoms with E-state index in [2.05, 4.69) is 9.97 Å². The molecular weight excluding hydrogens is 178 g/mol. The summed E-state index contributed by atoms with van der Waals surface area (Å²) in [5.41, 5.74) is 7.32. The lowest BCUT2D eigenvalue weighted by atomic mass is 10.3. The first-order valence-corrected chi connectivity index (χ1v) is 4.66. The zero-order chi connectivity index (χ0) is 9.80. The number of nitrogens with two attached hydrogens (primary N) is 1. The van der Waals surface area contributed by atoms with Gasteiger partial charge < -0.3 is 15.5 Å². The average Bonchev–Trinajstić information content (AvgIpc) is 2.65. The molecule has 0 radical (unpaired) electrons. The van der Waals surface area contributed by atoms with Gasteiger partial charge >= 0.3 is 0 Å². The Morgan fingerprint density at radius 2 is 2.36 bits per heavy atom. The molecule has 0 unspecified atom stereocenters. The first-order valence-electron chi connectivity index (χ1n) is 4.66. The lowest BCUT2D eigenvalue weighted by molar-refractivity contribution is 0.314. The Bertz CT molecular complexity index is 410. The Hall–Kier alpha value is -1.55. The van der Waals surface area contributed by atoms with E-state index < -0.39 is 0 Å². The molecule has 1 aromatic carbocycles. The molecule has 0 spiro atoms. The Labute approximate surface area is 82.1 Å². The second kappa shape index (κ2) is 4.11. The maximum absolute atomic E-state index is 5.50. The SMILES string of the molecule is NCCCOc1ccc2nc[nH]c2c1. The lowest BCUT2D eigenvalue weighted by Gasteiger charge is -2.04. The molecule has 0 fully saturated rings. The van der Waals surface area contributed by atoms with Gasteiger partial charge in [-0.25, -0.2) is 4.98 Å². The van der Waals surface area contributed by atoms with Crippen molar-refractivity contribution in [1.82, 2.24) is 9.97 Å². The fourth-order valence-electron chi connectivity index (χ4n) is 1.28. The van der Waals surface area contributed by atoms with E-state index in [4.69, 9.17) is 10.5 Å². The van der Waals surface area contributed by atoms with Crippen LogP contribution in [-0.4, -0.2) is 23.1 Å². The van der Waals surface area contributed by atoms with E-state index in [0.29, 0.717) is 13.2 Å². The Morgan fingerprint density at radius 1 is 1.43 bits per heavy atom. The van der Waals surface area contributed by atoms with Crippen molar-refractivity contribution >= 4 is 11.0 Å². The molecule has 1 aromatic heterocycles. The average molecular weight is 191 g/mol. The quantitative estimate of drug-likeness (QED) is 0.716. The van der Waals surface area contributed by atoms with Crippen molar-refractivity contribution in [1.29, 1.82) is 0 Å². The van der Waals surface area contributed by atoms with Crippen molar-refractivity contribution in [3.05, 3.63) is 24.5 Å².